The fraction of sp³-hybridized carbons (Fsp3) is 0. The van der Waals surface area contributed by atoms with Crippen LogP contribution in [0.1, 0.15) is 11.1 Å². The highest BCUT2D eigenvalue weighted by Crippen LogP contribution is 2.41. The molecule has 4 nitrogen and oxygen atoms in total. The second-order valence-electron chi connectivity index (χ2n) is 15.4. The van der Waals surface area contributed by atoms with Gasteiger partial charge in [0.15, 0.2) is 0 Å². The molecule has 0 saturated carbocycles. The van der Waals surface area contributed by atoms with E-state index in [4.69, 9.17) is 9.97 Å². The lowest BCUT2D eigenvalue weighted by molar-refractivity contribution is 1.11. The first-order chi connectivity index (χ1) is 29.8. The van der Waals surface area contributed by atoms with Crippen LogP contribution in [0.25, 0.3) is 111 Å². The maximum atomic E-state index is 5.40. The van der Waals surface area contributed by atoms with Crippen LogP contribution in [0.4, 0.5) is 0 Å². The Hall–Kier alpha value is -8.08. The van der Waals surface area contributed by atoms with Crippen LogP contribution in [-0.4, -0.2) is 19.1 Å². The first kappa shape index (κ1) is 34.0. The summed E-state index contributed by atoms with van der Waals surface area (Å²) < 4.78 is 4.65. The Morgan fingerprint density at radius 2 is 0.583 bits per heavy atom. The highest BCUT2D eigenvalue weighted by molar-refractivity contribution is 6.25. The van der Waals surface area contributed by atoms with Gasteiger partial charge in [0, 0.05) is 44.0 Å². The average molecular weight is 765 g/mol. The molecule has 0 aliphatic rings. The van der Waals surface area contributed by atoms with E-state index in [2.05, 4.69) is 228 Å². The number of para-hydroxylation sites is 2. The molecule has 0 atom stereocenters. The fourth-order valence-electron chi connectivity index (χ4n) is 9.13. The van der Waals surface area contributed by atoms with Crippen molar-refractivity contribution >= 4 is 77.3 Å². The van der Waals surface area contributed by atoms with Crippen molar-refractivity contribution in [3.63, 3.8) is 0 Å². The third kappa shape index (κ3) is 5.39. The van der Waals surface area contributed by atoms with E-state index in [1.807, 2.05) is 0 Å². The molecule has 0 unspecified atom stereocenters. The number of benzene rings is 10. The van der Waals surface area contributed by atoms with Crippen LogP contribution in [0, 0.1) is 0 Å². The maximum absolute atomic E-state index is 5.40. The van der Waals surface area contributed by atoms with Gasteiger partial charge in [-0.1, -0.05) is 194 Å². The molecule has 0 fully saturated rings. The molecule has 0 aliphatic carbocycles. The van der Waals surface area contributed by atoms with Gasteiger partial charge in [0.05, 0.1) is 22.1 Å². The molecule has 60 heavy (non-hydrogen) atoms. The molecule has 10 aromatic carbocycles. The SMILES string of the molecule is C(=Cc1ccc(-c2nc3c4ccccc4c4ccccc4c3n2-c2ccccc2)cc1)c1ccc(-c2nc3c4ccccc4c4ccccc4c3n2-c2ccccc2)cc1. The van der Waals surface area contributed by atoms with E-state index >= 15 is 0 Å². The molecule has 0 saturated heterocycles. The second kappa shape index (κ2) is 13.8. The molecule has 0 radical (unpaired) electrons. The Labute approximate surface area is 346 Å². The highest BCUT2D eigenvalue weighted by atomic mass is 15.1. The minimum absolute atomic E-state index is 0.923. The molecule has 0 N–H and O–H groups in total. The van der Waals surface area contributed by atoms with Gasteiger partial charge in [0.1, 0.15) is 11.6 Å². The number of hydrogen-bond donors (Lipinski definition) is 0. The Bertz CT molecular complexity index is 3370. The zero-order valence-electron chi connectivity index (χ0n) is 32.6. The Morgan fingerprint density at radius 1 is 0.283 bits per heavy atom. The van der Waals surface area contributed by atoms with Crippen molar-refractivity contribution in [2.45, 2.75) is 0 Å². The monoisotopic (exact) mass is 764 g/mol. The molecule has 4 heteroatoms. The summed E-state index contributed by atoms with van der Waals surface area (Å²) in [5.41, 5.74) is 10.8. The number of imidazole rings is 2. The molecular weight excluding hydrogens is 729 g/mol. The van der Waals surface area contributed by atoms with E-state index in [1.54, 1.807) is 0 Å². The minimum atomic E-state index is 0.923. The zero-order chi connectivity index (χ0) is 39.6. The number of nitrogens with zero attached hydrogens (tertiary/aromatic N) is 4. The summed E-state index contributed by atoms with van der Waals surface area (Å²) in [7, 11) is 0. The van der Waals surface area contributed by atoms with Gasteiger partial charge >= 0.3 is 0 Å². The fourth-order valence-corrected chi connectivity index (χ4v) is 9.13. The third-order valence-electron chi connectivity index (χ3n) is 11.9. The molecule has 2 heterocycles. The summed E-state index contributed by atoms with van der Waals surface area (Å²) >= 11 is 0. The normalized spacial score (nSPS) is 11.9. The van der Waals surface area contributed by atoms with Gasteiger partial charge in [-0.25, -0.2) is 9.97 Å². The van der Waals surface area contributed by atoms with Gasteiger partial charge in [0.25, 0.3) is 0 Å². The summed E-state index contributed by atoms with van der Waals surface area (Å²) in [5, 5.41) is 9.60. The van der Waals surface area contributed by atoms with E-state index < -0.39 is 0 Å². The lowest BCUT2D eigenvalue weighted by Gasteiger charge is -2.12. The molecule has 0 spiro atoms. The van der Waals surface area contributed by atoms with Crippen molar-refractivity contribution in [2.24, 2.45) is 0 Å². The van der Waals surface area contributed by atoms with Crippen molar-refractivity contribution in [2.75, 3.05) is 0 Å². The predicted molar refractivity (Wildman–Crippen MR) is 252 cm³/mol. The van der Waals surface area contributed by atoms with Crippen LogP contribution in [0.5, 0.6) is 0 Å². The van der Waals surface area contributed by atoms with Gasteiger partial charge in [-0.3, -0.25) is 9.13 Å². The summed E-state index contributed by atoms with van der Waals surface area (Å²) in [4.78, 5) is 10.8. The van der Waals surface area contributed by atoms with Crippen molar-refractivity contribution < 1.29 is 0 Å². The lowest BCUT2D eigenvalue weighted by atomic mass is 10.00. The molecule has 0 aliphatic heterocycles. The zero-order valence-corrected chi connectivity index (χ0v) is 32.6. The van der Waals surface area contributed by atoms with E-state index in [1.165, 1.54) is 32.3 Å². The molecule has 280 valence electrons. The number of rotatable bonds is 6. The van der Waals surface area contributed by atoms with Gasteiger partial charge < -0.3 is 0 Å². The predicted octanol–water partition coefficient (Wildman–Crippen LogP) is 14.5. The lowest BCUT2D eigenvalue weighted by Crippen LogP contribution is -1.98. The van der Waals surface area contributed by atoms with Crippen LogP contribution in [0.15, 0.2) is 206 Å². The molecule has 12 rings (SSSR count). The maximum Gasteiger partial charge on any atom is 0.145 e. The largest absolute Gasteiger partial charge is 0.292 e. The van der Waals surface area contributed by atoms with E-state index in [9.17, 15) is 0 Å². The van der Waals surface area contributed by atoms with Gasteiger partial charge in [-0.15, -0.1) is 0 Å². The van der Waals surface area contributed by atoms with Crippen LogP contribution < -0.4 is 0 Å². The molecule has 0 bridgehead atoms. The van der Waals surface area contributed by atoms with Crippen molar-refractivity contribution in [3.8, 4) is 34.2 Å². The van der Waals surface area contributed by atoms with E-state index in [-0.39, 0.29) is 0 Å². The van der Waals surface area contributed by atoms with Crippen molar-refractivity contribution in [3.05, 3.63) is 217 Å². The first-order valence-electron chi connectivity index (χ1n) is 20.4. The standard InChI is InChI=1S/C56H36N4/c1-3-15-41(16-4-1)59-53-49-25-13-9-21-45(49)43-19-7-11-23-47(43)51(53)57-55(59)39-33-29-37(30-34-39)27-28-38-31-35-40(36-32-38)56-58-52-48-24-12-8-20-44(48)46-22-10-14-26-50(46)54(52)60(56)42-17-5-2-6-18-42/h1-36H. The Balaban J connectivity index is 0.919. The molecule has 0 amide bonds. The van der Waals surface area contributed by atoms with Gasteiger partial charge in [0.2, 0.25) is 0 Å². The summed E-state index contributed by atoms with van der Waals surface area (Å²) in [6.45, 7) is 0. The van der Waals surface area contributed by atoms with Crippen LogP contribution in [0.3, 0.4) is 0 Å². The third-order valence-corrected chi connectivity index (χ3v) is 11.9. The van der Waals surface area contributed by atoms with E-state index in [0.29, 0.717) is 0 Å². The minimum Gasteiger partial charge on any atom is -0.292 e. The van der Waals surface area contributed by atoms with Crippen LogP contribution >= 0.6 is 0 Å². The second-order valence-corrected chi connectivity index (χ2v) is 15.4. The number of aromatic nitrogens is 4. The quantitative estimate of drug-likeness (QED) is 0.125. The average Bonchev–Trinajstić information content (AvgIpc) is 3.94. The van der Waals surface area contributed by atoms with Crippen LogP contribution in [0.2, 0.25) is 0 Å². The summed E-state index contributed by atoms with van der Waals surface area (Å²) in [6, 6.07) is 73.3. The highest BCUT2D eigenvalue weighted by Gasteiger charge is 2.21. The topological polar surface area (TPSA) is 35.6 Å². The van der Waals surface area contributed by atoms with Crippen LogP contribution in [-0.2, 0) is 0 Å². The van der Waals surface area contributed by atoms with Crippen molar-refractivity contribution in [1.82, 2.24) is 19.1 Å². The number of fused-ring (bicyclic) bond motifs is 12. The molecule has 2 aromatic heterocycles. The van der Waals surface area contributed by atoms with Gasteiger partial charge in [-0.05, 0) is 56.9 Å². The van der Waals surface area contributed by atoms with E-state index in [0.717, 1.165) is 78.1 Å². The summed E-state index contributed by atoms with van der Waals surface area (Å²) in [6.07, 6.45) is 4.36. The van der Waals surface area contributed by atoms with Crippen molar-refractivity contribution in [1.29, 1.82) is 0 Å². The molecular formula is C56H36N4. The smallest absolute Gasteiger partial charge is 0.145 e. The Kier molecular flexibility index (Phi) is 7.82. The number of hydrogen-bond acceptors (Lipinski definition) is 2. The summed E-state index contributed by atoms with van der Waals surface area (Å²) in [5.74, 6) is 1.85. The van der Waals surface area contributed by atoms with Gasteiger partial charge in [-0.2, -0.15) is 0 Å². The Morgan fingerprint density at radius 3 is 0.950 bits per heavy atom. The molecule has 12 aromatic rings. The first-order valence-corrected chi connectivity index (χ1v) is 20.4.